The van der Waals surface area contributed by atoms with Crippen LogP contribution < -0.4 is 14.8 Å². The lowest BCUT2D eigenvalue weighted by molar-refractivity contribution is 0.146. The van der Waals surface area contributed by atoms with Crippen LogP contribution >= 0.6 is 0 Å². The van der Waals surface area contributed by atoms with Crippen LogP contribution in [-0.4, -0.2) is 33.0 Å². The first-order chi connectivity index (χ1) is 10.8. The number of benzene rings is 2. The molecule has 2 aromatic carbocycles. The van der Waals surface area contributed by atoms with Crippen LogP contribution in [0.2, 0.25) is 0 Å². The lowest BCUT2D eigenvalue weighted by atomic mass is 10.3. The van der Waals surface area contributed by atoms with Crippen LogP contribution in [0.3, 0.4) is 0 Å². The molecule has 2 rings (SSSR count). The van der Waals surface area contributed by atoms with Gasteiger partial charge in [-0.25, -0.2) is 0 Å². The molecular weight excluding hydrogens is 278 g/mol. The monoisotopic (exact) mass is 301 g/mol. The topological polar surface area (TPSA) is 39.7 Å². The second-order valence-corrected chi connectivity index (χ2v) is 4.99. The average molecular weight is 301 g/mol. The number of hydrogen-bond acceptors (Lipinski definition) is 4. The molecule has 0 aliphatic heterocycles. The third kappa shape index (κ3) is 5.66. The predicted molar refractivity (Wildman–Crippen MR) is 88.8 cm³/mol. The maximum atomic E-state index is 5.82. The van der Waals surface area contributed by atoms with Gasteiger partial charge in [-0.05, 0) is 43.3 Å². The molecule has 2 aromatic rings. The van der Waals surface area contributed by atoms with Crippen molar-refractivity contribution in [1.82, 2.24) is 0 Å². The van der Waals surface area contributed by atoms with Crippen LogP contribution in [0.5, 0.6) is 11.5 Å². The number of para-hydroxylation sites is 1. The SMILES string of the molecule is COCCOc1ccc(NCC(C)Oc2ccccc2)cc1. The maximum Gasteiger partial charge on any atom is 0.119 e. The summed E-state index contributed by atoms with van der Waals surface area (Å²) in [6, 6.07) is 17.7. The van der Waals surface area contributed by atoms with E-state index in [1.165, 1.54) is 0 Å². The summed E-state index contributed by atoms with van der Waals surface area (Å²) in [6.07, 6.45) is 0.0834. The van der Waals surface area contributed by atoms with Crippen molar-refractivity contribution in [3.63, 3.8) is 0 Å². The zero-order valence-electron chi connectivity index (χ0n) is 13.1. The van der Waals surface area contributed by atoms with Crippen LogP contribution in [-0.2, 0) is 4.74 Å². The van der Waals surface area contributed by atoms with Gasteiger partial charge >= 0.3 is 0 Å². The van der Waals surface area contributed by atoms with Crippen molar-refractivity contribution in [2.75, 3.05) is 32.2 Å². The molecule has 0 saturated heterocycles. The summed E-state index contributed by atoms with van der Waals surface area (Å²) in [4.78, 5) is 0. The van der Waals surface area contributed by atoms with Crippen molar-refractivity contribution in [2.45, 2.75) is 13.0 Å². The number of methoxy groups -OCH3 is 1. The molecule has 1 N–H and O–H groups in total. The summed E-state index contributed by atoms with van der Waals surface area (Å²) in [7, 11) is 1.66. The summed E-state index contributed by atoms with van der Waals surface area (Å²) in [5, 5.41) is 3.35. The normalized spacial score (nSPS) is 11.7. The highest BCUT2D eigenvalue weighted by molar-refractivity contribution is 5.46. The van der Waals surface area contributed by atoms with E-state index in [2.05, 4.69) is 5.32 Å². The number of ether oxygens (including phenoxy) is 3. The Morgan fingerprint density at radius 3 is 2.32 bits per heavy atom. The third-order valence-electron chi connectivity index (χ3n) is 3.08. The molecular formula is C18H23NO3. The smallest absolute Gasteiger partial charge is 0.119 e. The standard InChI is InChI=1S/C18H23NO3/c1-15(22-18-6-4-3-5-7-18)14-19-16-8-10-17(11-9-16)21-13-12-20-2/h3-11,15,19H,12-14H2,1-2H3. The first kappa shape index (κ1) is 16.2. The molecule has 0 fully saturated rings. The quantitative estimate of drug-likeness (QED) is 0.719. The summed E-state index contributed by atoms with van der Waals surface area (Å²) in [6.45, 7) is 3.93. The van der Waals surface area contributed by atoms with Gasteiger partial charge in [0.2, 0.25) is 0 Å². The Morgan fingerprint density at radius 2 is 1.64 bits per heavy atom. The van der Waals surface area contributed by atoms with Crippen LogP contribution in [0, 0.1) is 0 Å². The first-order valence-electron chi connectivity index (χ1n) is 7.45. The van der Waals surface area contributed by atoms with E-state index >= 15 is 0 Å². The fraction of sp³-hybridized carbons (Fsp3) is 0.333. The zero-order chi connectivity index (χ0) is 15.6. The van der Waals surface area contributed by atoms with Crippen LogP contribution in [0.4, 0.5) is 5.69 Å². The van der Waals surface area contributed by atoms with E-state index in [0.717, 1.165) is 23.7 Å². The molecule has 118 valence electrons. The van der Waals surface area contributed by atoms with Crippen molar-refractivity contribution in [1.29, 1.82) is 0 Å². The van der Waals surface area contributed by atoms with E-state index in [4.69, 9.17) is 14.2 Å². The first-order valence-corrected chi connectivity index (χ1v) is 7.45. The van der Waals surface area contributed by atoms with Gasteiger partial charge in [-0.2, -0.15) is 0 Å². The van der Waals surface area contributed by atoms with E-state index in [9.17, 15) is 0 Å². The van der Waals surface area contributed by atoms with Gasteiger partial charge in [0.15, 0.2) is 0 Å². The van der Waals surface area contributed by atoms with Crippen LogP contribution in [0.15, 0.2) is 54.6 Å². The molecule has 4 heteroatoms. The Balaban J connectivity index is 1.74. The summed E-state index contributed by atoms with van der Waals surface area (Å²) < 4.78 is 16.3. The highest BCUT2D eigenvalue weighted by atomic mass is 16.5. The fourth-order valence-corrected chi connectivity index (χ4v) is 1.95. The molecule has 0 spiro atoms. The molecule has 4 nitrogen and oxygen atoms in total. The van der Waals surface area contributed by atoms with Crippen molar-refractivity contribution in [2.24, 2.45) is 0 Å². The van der Waals surface area contributed by atoms with Crippen molar-refractivity contribution in [3.8, 4) is 11.5 Å². The third-order valence-corrected chi connectivity index (χ3v) is 3.08. The molecule has 0 saturated carbocycles. The molecule has 0 amide bonds. The maximum absolute atomic E-state index is 5.82. The molecule has 0 aliphatic carbocycles. The van der Waals surface area contributed by atoms with Gasteiger partial charge < -0.3 is 19.5 Å². The van der Waals surface area contributed by atoms with Crippen LogP contribution in [0.1, 0.15) is 6.92 Å². The predicted octanol–water partition coefficient (Wildman–Crippen LogP) is 3.59. The Kier molecular flexibility index (Phi) is 6.58. The van der Waals surface area contributed by atoms with Gasteiger partial charge in [0.25, 0.3) is 0 Å². The minimum Gasteiger partial charge on any atom is -0.491 e. The Hall–Kier alpha value is -2.20. The molecule has 0 aromatic heterocycles. The van der Waals surface area contributed by atoms with E-state index < -0.39 is 0 Å². The van der Waals surface area contributed by atoms with Gasteiger partial charge in [-0.3, -0.25) is 0 Å². The molecule has 0 heterocycles. The second kappa shape index (κ2) is 8.95. The van der Waals surface area contributed by atoms with E-state index in [1.54, 1.807) is 7.11 Å². The largest absolute Gasteiger partial charge is 0.491 e. The number of anilines is 1. The van der Waals surface area contributed by atoms with Crippen molar-refractivity contribution >= 4 is 5.69 Å². The molecule has 0 aliphatic rings. The van der Waals surface area contributed by atoms with Gasteiger partial charge in [0.05, 0.1) is 13.2 Å². The van der Waals surface area contributed by atoms with Gasteiger partial charge in [-0.15, -0.1) is 0 Å². The highest BCUT2D eigenvalue weighted by Gasteiger charge is 2.03. The van der Waals surface area contributed by atoms with Gasteiger partial charge in [0, 0.05) is 12.8 Å². The average Bonchev–Trinajstić information content (AvgIpc) is 2.55. The summed E-state index contributed by atoms with van der Waals surface area (Å²) in [5.74, 6) is 1.73. The summed E-state index contributed by atoms with van der Waals surface area (Å²) >= 11 is 0. The molecule has 22 heavy (non-hydrogen) atoms. The molecule has 0 bridgehead atoms. The number of rotatable bonds is 9. The Bertz CT molecular complexity index is 528. The lowest BCUT2D eigenvalue weighted by Gasteiger charge is -2.16. The second-order valence-electron chi connectivity index (χ2n) is 4.99. The highest BCUT2D eigenvalue weighted by Crippen LogP contribution is 2.16. The van der Waals surface area contributed by atoms with E-state index in [0.29, 0.717) is 13.2 Å². The summed E-state index contributed by atoms with van der Waals surface area (Å²) in [5.41, 5.74) is 1.04. The van der Waals surface area contributed by atoms with E-state index in [-0.39, 0.29) is 6.10 Å². The van der Waals surface area contributed by atoms with Crippen molar-refractivity contribution in [3.05, 3.63) is 54.6 Å². The molecule has 1 unspecified atom stereocenters. The zero-order valence-corrected chi connectivity index (χ0v) is 13.1. The Morgan fingerprint density at radius 1 is 0.909 bits per heavy atom. The lowest BCUT2D eigenvalue weighted by Crippen LogP contribution is -2.22. The van der Waals surface area contributed by atoms with Gasteiger partial charge in [-0.1, -0.05) is 18.2 Å². The number of nitrogens with one attached hydrogen (secondary N) is 1. The van der Waals surface area contributed by atoms with Gasteiger partial charge in [0.1, 0.15) is 24.2 Å². The minimum absolute atomic E-state index is 0.0834. The Labute approximate surface area is 132 Å². The minimum atomic E-state index is 0.0834. The van der Waals surface area contributed by atoms with Crippen LogP contribution in [0.25, 0.3) is 0 Å². The number of hydrogen-bond donors (Lipinski definition) is 1. The van der Waals surface area contributed by atoms with Crippen molar-refractivity contribution < 1.29 is 14.2 Å². The molecule has 1 atom stereocenters. The fourth-order valence-electron chi connectivity index (χ4n) is 1.95. The molecule has 0 radical (unpaired) electrons. The van der Waals surface area contributed by atoms with E-state index in [1.807, 2.05) is 61.5 Å².